The Kier molecular flexibility index (Phi) is 13.1. The van der Waals surface area contributed by atoms with E-state index in [0.717, 1.165) is 12.8 Å². The van der Waals surface area contributed by atoms with E-state index < -0.39 is 36.5 Å². The van der Waals surface area contributed by atoms with Crippen LogP contribution in [0.25, 0.3) is 22.0 Å². The van der Waals surface area contributed by atoms with Crippen molar-refractivity contribution in [3.63, 3.8) is 0 Å². The normalized spacial score (nSPS) is 15.6. The van der Waals surface area contributed by atoms with Crippen LogP contribution in [0.3, 0.4) is 0 Å². The number of rotatable bonds is 13. The van der Waals surface area contributed by atoms with Crippen LogP contribution in [0.2, 0.25) is 0 Å². The maximum Gasteiger partial charge on any atom is 0.410 e. The molecule has 3 heterocycles. The van der Waals surface area contributed by atoms with Crippen LogP contribution in [-0.2, 0) is 14.3 Å². The zero-order valence-corrected chi connectivity index (χ0v) is 30.8. The van der Waals surface area contributed by atoms with Crippen LogP contribution >= 0.6 is 0 Å². The molecule has 1 atom stereocenters. The molecule has 0 aliphatic carbocycles. The Morgan fingerprint density at radius 1 is 1.02 bits per heavy atom. The van der Waals surface area contributed by atoms with Crippen molar-refractivity contribution in [3.8, 4) is 5.88 Å². The second-order valence-electron chi connectivity index (χ2n) is 13.8. The molecule has 0 radical (unpaired) electrons. The van der Waals surface area contributed by atoms with E-state index in [-0.39, 0.29) is 48.0 Å². The Balaban J connectivity index is 1.45. The minimum absolute atomic E-state index is 0.0141. The maximum atomic E-state index is 15.4. The average Bonchev–Trinajstić information content (AvgIpc) is 3.47. The number of hydrogen-bond acceptors (Lipinski definition) is 7. The highest BCUT2D eigenvalue weighted by molar-refractivity contribution is 6.00. The van der Waals surface area contributed by atoms with Crippen molar-refractivity contribution in [2.45, 2.75) is 70.9 Å². The summed E-state index contributed by atoms with van der Waals surface area (Å²) in [5, 5.41) is 6.76. The van der Waals surface area contributed by atoms with Gasteiger partial charge in [0.05, 0.1) is 23.9 Å². The van der Waals surface area contributed by atoms with Gasteiger partial charge in [0, 0.05) is 38.0 Å². The first-order valence-corrected chi connectivity index (χ1v) is 17.8. The molecule has 14 heteroatoms. The topological polar surface area (TPSA) is 108 Å². The number of alkyl halides is 3. The fourth-order valence-corrected chi connectivity index (χ4v) is 6.08. The Bertz CT molecular complexity index is 1950. The minimum Gasteiger partial charge on any atom is -0.476 e. The summed E-state index contributed by atoms with van der Waals surface area (Å²) in [5.41, 5.74) is 1.01. The van der Waals surface area contributed by atoms with Crippen LogP contribution in [0, 0.1) is 5.95 Å². The molecule has 1 aliphatic heterocycles. The summed E-state index contributed by atoms with van der Waals surface area (Å²) in [6.07, 6.45) is 0.503. The number of nitrogens with zero attached hydrogens (tertiary/aromatic N) is 4. The number of fused-ring (bicyclic) bond motifs is 1. The summed E-state index contributed by atoms with van der Waals surface area (Å²) in [4.78, 5) is 30.3. The number of likely N-dealkylation sites (N-methyl/N-ethyl adjacent to an activating group) is 1. The lowest BCUT2D eigenvalue weighted by Crippen LogP contribution is -2.39. The third-order valence-corrected chi connectivity index (χ3v) is 8.55. The molecule has 10 nitrogen and oxygen atoms in total. The van der Waals surface area contributed by atoms with E-state index in [9.17, 15) is 22.8 Å². The third kappa shape index (κ3) is 10.9. The average molecular weight is 752 g/mol. The number of carbonyl (C=O) groups excluding carboxylic acids is 2. The maximum absolute atomic E-state index is 15.4. The minimum atomic E-state index is -4.57. The summed E-state index contributed by atoms with van der Waals surface area (Å²) in [7, 11) is 1.52. The molecule has 1 fully saturated rings. The zero-order chi connectivity index (χ0) is 38.9. The van der Waals surface area contributed by atoms with Gasteiger partial charge in [-0.1, -0.05) is 42.5 Å². The molecule has 5 rings (SSSR count). The molecule has 1 saturated heterocycles. The van der Waals surface area contributed by atoms with Crippen LogP contribution in [0.15, 0.2) is 79.0 Å². The number of allylic oxidation sites excluding steroid dienone is 1. The predicted octanol–water partition coefficient (Wildman–Crippen LogP) is 8.49. The number of carbonyl (C=O) groups is 2. The van der Waals surface area contributed by atoms with Crippen LogP contribution in [0.4, 0.5) is 22.4 Å². The summed E-state index contributed by atoms with van der Waals surface area (Å²) in [6.45, 7) is 6.21. The molecule has 2 amide bonds. The second kappa shape index (κ2) is 17.7. The van der Waals surface area contributed by atoms with E-state index in [1.54, 1.807) is 75.4 Å². The van der Waals surface area contributed by atoms with Crippen molar-refractivity contribution < 1.29 is 41.4 Å². The lowest BCUT2D eigenvalue weighted by molar-refractivity contribution is -0.123. The van der Waals surface area contributed by atoms with Gasteiger partial charge in [-0.2, -0.15) is 17.6 Å². The van der Waals surface area contributed by atoms with Gasteiger partial charge in [0.2, 0.25) is 17.7 Å². The number of halogens is 4. The van der Waals surface area contributed by atoms with Crippen LogP contribution in [-0.4, -0.2) is 76.8 Å². The van der Waals surface area contributed by atoms with Gasteiger partial charge in [-0.05, 0) is 93.0 Å². The second-order valence-corrected chi connectivity index (χ2v) is 13.8. The molecular formula is C40H45F4N5O5. The van der Waals surface area contributed by atoms with Crippen molar-refractivity contribution in [3.05, 3.63) is 102 Å². The molecule has 1 aliphatic rings. The molecule has 4 aromatic rings. The van der Waals surface area contributed by atoms with Gasteiger partial charge in [0.25, 0.3) is 0 Å². The number of benzene rings is 2. The van der Waals surface area contributed by atoms with Crippen LogP contribution < -0.4 is 10.1 Å². The first-order chi connectivity index (χ1) is 25.7. The SMILES string of the molecule is CNC(=O)/C=C/CCN(CCOc1ccc(/C(=C(/CC(F)(F)F)c2ccccc2)c2ccc3c(c2)c(F)nn3C2CCCCO2)cn1)C(=O)OC(C)(C)C. The zero-order valence-electron chi connectivity index (χ0n) is 30.8. The van der Waals surface area contributed by atoms with E-state index in [1.807, 2.05) is 0 Å². The molecule has 2 aromatic carbocycles. The van der Waals surface area contributed by atoms with E-state index >= 15 is 4.39 Å². The van der Waals surface area contributed by atoms with E-state index in [2.05, 4.69) is 15.4 Å². The summed E-state index contributed by atoms with van der Waals surface area (Å²) in [5.74, 6) is -0.839. The summed E-state index contributed by atoms with van der Waals surface area (Å²) < 4.78 is 77.0. The molecule has 288 valence electrons. The molecule has 1 N–H and O–H groups in total. The number of pyridine rings is 1. The van der Waals surface area contributed by atoms with E-state index in [0.29, 0.717) is 41.7 Å². The number of hydrogen-bond donors (Lipinski definition) is 1. The number of nitrogens with one attached hydrogen (secondary N) is 1. The summed E-state index contributed by atoms with van der Waals surface area (Å²) >= 11 is 0. The van der Waals surface area contributed by atoms with Crippen LogP contribution in [0.5, 0.6) is 5.88 Å². The first kappa shape index (κ1) is 40.0. The number of ether oxygens (including phenoxy) is 3. The Hall–Kier alpha value is -5.24. The van der Waals surface area contributed by atoms with Crippen molar-refractivity contribution in [1.29, 1.82) is 0 Å². The van der Waals surface area contributed by atoms with Gasteiger partial charge < -0.3 is 24.4 Å². The van der Waals surface area contributed by atoms with Gasteiger partial charge >= 0.3 is 12.3 Å². The lowest BCUT2D eigenvalue weighted by Gasteiger charge is -2.27. The van der Waals surface area contributed by atoms with Crippen molar-refractivity contribution in [2.75, 3.05) is 33.4 Å². The van der Waals surface area contributed by atoms with Crippen molar-refractivity contribution in [2.24, 2.45) is 0 Å². The molecule has 2 aromatic heterocycles. The van der Waals surface area contributed by atoms with Gasteiger partial charge in [0.1, 0.15) is 12.2 Å². The lowest BCUT2D eigenvalue weighted by atomic mass is 9.88. The summed E-state index contributed by atoms with van der Waals surface area (Å²) in [6, 6.07) is 16.2. The Labute approximate surface area is 311 Å². The first-order valence-electron chi connectivity index (χ1n) is 17.8. The van der Waals surface area contributed by atoms with Gasteiger partial charge in [-0.15, -0.1) is 5.10 Å². The highest BCUT2D eigenvalue weighted by Gasteiger charge is 2.32. The highest BCUT2D eigenvalue weighted by Crippen LogP contribution is 2.40. The quantitative estimate of drug-likeness (QED) is 0.0830. The Morgan fingerprint density at radius 3 is 2.43 bits per heavy atom. The fraction of sp³-hybridized carbons (Fsp3) is 0.400. The molecular weight excluding hydrogens is 706 g/mol. The van der Waals surface area contributed by atoms with E-state index in [4.69, 9.17) is 14.2 Å². The fourth-order valence-electron chi connectivity index (χ4n) is 6.08. The molecule has 1 unspecified atom stereocenters. The van der Waals surface area contributed by atoms with E-state index in [1.165, 1.54) is 41.0 Å². The van der Waals surface area contributed by atoms with Crippen LogP contribution in [0.1, 0.15) is 75.8 Å². The Morgan fingerprint density at radius 2 is 1.78 bits per heavy atom. The highest BCUT2D eigenvalue weighted by atomic mass is 19.4. The number of amides is 2. The molecule has 0 spiro atoms. The van der Waals surface area contributed by atoms with Gasteiger partial charge in [0.15, 0.2) is 6.23 Å². The largest absolute Gasteiger partial charge is 0.476 e. The van der Waals surface area contributed by atoms with Gasteiger partial charge in [-0.3, -0.25) is 4.79 Å². The standard InChI is InChI=1S/C40H45F4N5O5/c1-39(2,3)54-38(51)48(20-10-8-14-33(50)45-4)21-23-52-34-19-17-29(26-46-34)36(31(25-40(42,43)44)27-12-6-5-7-13-27)28-16-18-32-30(24-28)37(41)47-49(32)35-15-9-11-22-53-35/h5-8,12-14,16-19,24,26,35H,9-11,15,20-23,25H2,1-4H3,(H,45,50)/b14-8+,36-31-. The van der Waals surface area contributed by atoms with Crippen molar-refractivity contribution >= 4 is 34.0 Å². The molecule has 0 bridgehead atoms. The van der Waals surface area contributed by atoms with Crippen molar-refractivity contribution in [1.82, 2.24) is 25.0 Å². The monoisotopic (exact) mass is 751 g/mol. The number of aromatic nitrogens is 3. The smallest absolute Gasteiger partial charge is 0.410 e. The molecule has 0 saturated carbocycles. The molecule has 54 heavy (non-hydrogen) atoms. The predicted molar refractivity (Wildman–Crippen MR) is 197 cm³/mol. The van der Waals surface area contributed by atoms with Gasteiger partial charge in [-0.25, -0.2) is 14.5 Å². The third-order valence-electron chi connectivity index (χ3n) is 8.55.